The second kappa shape index (κ2) is 5.67. The van der Waals surface area contributed by atoms with Gasteiger partial charge in [0.05, 0.1) is 5.69 Å². The molecule has 0 amide bonds. The predicted octanol–water partition coefficient (Wildman–Crippen LogP) is 1.03. The minimum atomic E-state index is -3.94. The summed E-state index contributed by atoms with van der Waals surface area (Å²) < 4.78 is 41.0. The second-order valence-electron chi connectivity index (χ2n) is 5.41. The van der Waals surface area contributed by atoms with E-state index in [0.29, 0.717) is 6.42 Å². The number of sulfonamides is 1. The van der Waals surface area contributed by atoms with Crippen molar-refractivity contribution in [2.75, 3.05) is 25.9 Å². The van der Waals surface area contributed by atoms with E-state index >= 15 is 0 Å². The lowest BCUT2D eigenvalue weighted by Gasteiger charge is -2.35. The number of nitrogens with two attached hydrogens (primary N) is 1. The molecular weight excluding hydrogens is 281 g/mol. The van der Waals surface area contributed by atoms with Crippen molar-refractivity contribution in [1.29, 1.82) is 0 Å². The molecule has 1 aliphatic heterocycles. The van der Waals surface area contributed by atoms with Gasteiger partial charge in [-0.1, -0.05) is 13.0 Å². The lowest BCUT2D eigenvalue weighted by molar-refractivity contribution is 0.188. The van der Waals surface area contributed by atoms with Crippen molar-refractivity contribution < 1.29 is 12.8 Å². The molecule has 0 aliphatic carbocycles. The van der Waals surface area contributed by atoms with Crippen molar-refractivity contribution in [1.82, 2.24) is 9.62 Å². The fourth-order valence-electron chi connectivity index (χ4n) is 2.60. The Hall–Kier alpha value is -1.18. The van der Waals surface area contributed by atoms with Gasteiger partial charge in [-0.05, 0) is 38.1 Å². The van der Waals surface area contributed by atoms with E-state index in [1.165, 1.54) is 12.1 Å². The SMILES string of the molecule is CC1CN(C)CCC1NS(=O)(=O)c1c(N)cccc1F. The van der Waals surface area contributed by atoms with Crippen LogP contribution in [-0.2, 0) is 10.0 Å². The summed E-state index contributed by atoms with van der Waals surface area (Å²) >= 11 is 0. The highest BCUT2D eigenvalue weighted by molar-refractivity contribution is 7.89. The summed E-state index contributed by atoms with van der Waals surface area (Å²) in [6, 6.07) is 3.68. The molecule has 7 heteroatoms. The van der Waals surface area contributed by atoms with Gasteiger partial charge in [0.1, 0.15) is 10.7 Å². The molecule has 1 aliphatic rings. The summed E-state index contributed by atoms with van der Waals surface area (Å²) in [5, 5.41) is 0. The van der Waals surface area contributed by atoms with Crippen molar-refractivity contribution in [3.8, 4) is 0 Å². The lowest BCUT2D eigenvalue weighted by atomic mass is 9.95. The van der Waals surface area contributed by atoms with Gasteiger partial charge in [0, 0.05) is 12.6 Å². The molecule has 0 radical (unpaired) electrons. The Balaban J connectivity index is 2.24. The molecule has 2 rings (SSSR count). The van der Waals surface area contributed by atoms with Gasteiger partial charge in [-0.3, -0.25) is 0 Å². The van der Waals surface area contributed by atoms with Crippen LogP contribution in [0, 0.1) is 11.7 Å². The fraction of sp³-hybridized carbons (Fsp3) is 0.538. The number of benzene rings is 1. The van der Waals surface area contributed by atoms with Crippen LogP contribution in [0.5, 0.6) is 0 Å². The minimum Gasteiger partial charge on any atom is -0.398 e. The highest BCUT2D eigenvalue weighted by Gasteiger charge is 2.30. The number of anilines is 1. The van der Waals surface area contributed by atoms with E-state index < -0.39 is 20.7 Å². The summed E-state index contributed by atoms with van der Waals surface area (Å²) in [6.07, 6.45) is 0.700. The molecule has 20 heavy (non-hydrogen) atoms. The maximum absolute atomic E-state index is 13.8. The third kappa shape index (κ3) is 3.11. The van der Waals surface area contributed by atoms with Crippen molar-refractivity contribution >= 4 is 15.7 Å². The van der Waals surface area contributed by atoms with Crippen LogP contribution in [0.3, 0.4) is 0 Å². The van der Waals surface area contributed by atoms with E-state index in [2.05, 4.69) is 9.62 Å². The molecule has 1 aromatic carbocycles. The first-order chi connectivity index (χ1) is 9.31. The number of likely N-dealkylation sites (tertiary alicyclic amines) is 1. The third-order valence-electron chi connectivity index (χ3n) is 3.68. The smallest absolute Gasteiger partial charge is 0.245 e. The van der Waals surface area contributed by atoms with Gasteiger partial charge in [-0.15, -0.1) is 0 Å². The third-order valence-corrected chi connectivity index (χ3v) is 5.26. The molecule has 2 unspecified atom stereocenters. The van der Waals surface area contributed by atoms with E-state index in [4.69, 9.17) is 5.73 Å². The summed E-state index contributed by atoms with van der Waals surface area (Å²) in [5.41, 5.74) is 5.53. The number of piperidine rings is 1. The first-order valence-electron chi connectivity index (χ1n) is 6.56. The van der Waals surface area contributed by atoms with Crippen molar-refractivity contribution in [3.63, 3.8) is 0 Å². The Bertz CT molecular complexity index is 571. The summed E-state index contributed by atoms with van der Waals surface area (Å²) in [7, 11) is -1.94. The summed E-state index contributed by atoms with van der Waals surface area (Å²) in [5.74, 6) is -0.658. The Morgan fingerprint density at radius 3 is 2.75 bits per heavy atom. The minimum absolute atomic E-state index is 0.0712. The zero-order chi connectivity index (χ0) is 14.9. The number of nitrogen functional groups attached to an aromatic ring is 1. The molecule has 5 nitrogen and oxygen atoms in total. The van der Waals surface area contributed by atoms with Crippen LogP contribution in [0.25, 0.3) is 0 Å². The molecule has 0 saturated carbocycles. The van der Waals surface area contributed by atoms with Crippen LogP contribution >= 0.6 is 0 Å². The van der Waals surface area contributed by atoms with Crippen molar-refractivity contribution in [3.05, 3.63) is 24.0 Å². The molecule has 2 atom stereocenters. The second-order valence-corrected chi connectivity index (χ2v) is 7.06. The first kappa shape index (κ1) is 15.2. The molecule has 3 N–H and O–H groups in total. The van der Waals surface area contributed by atoms with Gasteiger partial charge in [-0.25, -0.2) is 17.5 Å². The van der Waals surface area contributed by atoms with Crippen LogP contribution in [0.4, 0.5) is 10.1 Å². The molecule has 0 bridgehead atoms. The highest BCUT2D eigenvalue weighted by Crippen LogP contribution is 2.24. The molecule has 1 fully saturated rings. The van der Waals surface area contributed by atoms with Crippen LogP contribution in [0.2, 0.25) is 0 Å². The molecular formula is C13H20FN3O2S. The van der Waals surface area contributed by atoms with Crippen LogP contribution < -0.4 is 10.5 Å². The van der Waals surface area contributed by atoms with Crippen LogP contribution in [0.15, 0.2) is 23.1 Å². The van der Waals surface area contributed by atoms with E-state index in [0.717, 1.165) is 19.2 Å². The fourth-order valence-corrected chi connectivity index (χ4v) is 4.17. The number of nitrogens with one attached hydrogen (secondary N) is 1. The molecule has 112 valence electrons. The summed E-state index contributed by atoms with van der Waals surface area (Å²) in [4.78, 5) is 1.69. The van der Waals surface area contributed by atoms with E-state index in [9.17, 15) is 12.8 Å². The number of hydrogen-bond acceptors (Lipinski definition) is 4. The summed E-state index contributed by atoms with van der Waals surface area (Å²) in [6.45, 7) is 3.60. The predicted molar refractivity (Wildman–Crippen MR) is 76.2 cm³/mol. The van der Waals surface area contributed by atoms with Gasteiger partial charge in [-0.2, -0.15) is 0 Å². The van der Waals surface area contributed by atoms with Gasteiger partial charge in [0.15, 0.2) is 0 Å². The quantitative estimate of drug-likeness (QED) is 0.818. The monoisotopic (exact) mass is 301 g/mol. The molecule has 1 heterocycles. The normalized spacial score (nSPS) is 24.8. The van der Waals surface area contributed by atoms with Crippen molar-refractivity contribution in [2.24, 2.45) is 5.92 Å². The molecule has 1 saturated heterocycles. The van der Waals surface area contributed by atoms with Crippen LogP contribution in [0.1, 0.15) is 13.3 Å². The number of hydrogen-bond donors (Lipinski definition) is 2. The number of rotatable bonds is 3. The Morgan fingerprint density at radius 2 is 2.15 bits per heavy atom. The number of nitrogens with zero attached hydrogens (tertiary/aromatic N) is 1. The molecule has 0 spiro atoms. The van der Waals surface area contributed by atoms with E-state index in [1.807, 2.05) is 14.0 Å². The van der Waals surface area contributed by atoms with Gasteiger partial charge >= 0.3 is 0 Å². The Kier molecular flexibility index (Phi) is 4.31. The Labute approximate surface area is 119 Å². The van der Waals surface area contributed by atoms with Gasteiger partial charge in [0.2, 0.25) is 10.0 Å². The highest BCUT2D eigenvalue weighted by atomic mass is 32.2. The first-order valence-corrected chi connectivity index (χ1v) is 8.04. The van der Waals surface area contributed by atoms with Crippen LogP contribution in [-0.4, -0.2) is 39.5 Å². The zero-order valence-electron chi connectivity index (χ0n) is 11.6. The number of halogens is 1. The lowest BCUT2D eigenvalue weighted by Crippen LogP contribution is -2.48. The standard InChI is InChI=1S/C13H20FN3O2S/c1-9-8-17(2)7-6-12(9)16-20(18,19)13-10(14)4-3-5-11(13)15/h3-5,9,12,16H,6-8,15H2,1-2H3. The average molecular weight is 301 g/mol. The van der Waals surface area contributed by atoms with Gasteiger partial charge in [0.25, 0.3) is 0 Å². The maximum Gasteiger partial charge on any atom is 0.245 e. The van der Waals surface area contributed by atoms with E-state index in [-0.39, 0.29) is 17.6 Å². The zero-order valence-corrected chi connectivity index (χ0v) is 12.5. The Morgan fingerprint density at radius 1 is 1.45 bits per heavy atom. The topological polar surface area (TPSA) is 75.4 Å². The average Bonchev–Trinajstić information content (AvgIpc) is 2.32. The maximum atomic E-state index is 13.8. The van der Waals surface area contributed by atoms with Gasteiger partial charge < -0.3 is 10.6 Å². The van der Waals surface area contributed by atoms with Crippen molar-refractivity contribution in [2.45, 2.75) is 24.3 Å². The molecule has 0 aromatic heterocycles. The molecule has 1 aromatic rings. The largest absolute Gasteiger partial charge is 0.398 e. The van der Waals surface area contributed by atoms with E-state index in [1.54, 1.807) is 0 Å².